The fraction of sp³-hybridized carbons (Fsp3) is 0.0500. The normalized spacial score (nSPS) is 10.8. The van der Waals surface area contributed by atoms with Crippen molar-refractivity contribution >= 4 is 11.6 Å². The first-order valence-electron chi connectivity index (χ1n) is 7.86. The fourth-order valence-electron chi connectivity index (χ4n) is 2.74. The van der Waals surface area contributed by atoms with Gasteiger partial charge >= 0.3 is 5.97 Å². The Labute approximate surface area is 144 Å². The van der Waals surface area contributed by atoms with Gasteiger partial charge in [-0.15, -0.1) is 5.10 Å². The van der Waals surface area contributed by atoms with Gasteiger partial charge in [0.1, 0.15) is 5.56 Å². The van der Waals surface area contributed by atoms with Crippen LogP contribution < -0.4 is 0 Å². The molecule has 5 heteroatoms. The van der Waals surface area contributed by atoms with Crippen LogP contribution in [0.5, 0.6) is 0 Å². The quantitative estimate of drug-likeness (QED) is 0.536. The number of pyridine rings is 1. The largest absolute Gasteiger partial charge is 0.465 e. The van der Waals surface area contributed by atoms with Crippen molar-refractivity contribution in [2.75, 3.05) is 7.11 Å². The van der Waals surface area contributed by atoms with Crippen LogP contribution in [0.25, 0.3) is 28.2 Å². The second-order valence-corrected chi connectivity index (χ2v) is 5.57. The SMILES string of the molecule is COC(=O)c1cc(-c2ccccc2)cn2nc(-c3ccccc3)nc12. The molecule has 0 aliphatic carbocycles. The van der Waals surface area contributed by atoms with E-state index in [9.17, 15) is 4.79 Å². The smallest absolute Gasteiger partial charge is 0.341 e. The van der Waals surface area contributed by atoms with Crippen molar-refractivity contribution in [3.05, 3.63) is 78.5 Å². The summed E-state index contributed by atoms with van der Waals surface area (Å²) >= 11 is 0. The van der Waals surface area contributed by atoms with Gasteiger partial charge in [-0.1, -0.05) is 60.7 Å². The molecule has 0 saturated heterocycles. The number of ether oxygens (including phenoxy) is 1. The van der Waals surface area contributed by atoms with E-state index in [2.05, 4.69) is 10.1 Å². The van der Waals surface area contributed by atoms with Crippen LogP contribution in [-0.4, -0.2) is 27.7 Å². The fourth-order valence-corrected chi connectivity index (χ4v) is 2.74. The van der Waals surface area contributed by atoms with Crippen LogP contribution >= 0.6 is 0 Å². The topological polar surface area (TPSA) is 56.5 Å². The highest BCUT2D eigenvalue weighted by atomic mass is 16.5. The van der Waals surface area contributed by atoms with E-state index < -0.39 is 5.97 Å². The maximum atomic E-state index is 12.3. The molecule has 5 nitrogen and oxygen atoms in total. The molecule has 2 aromatic carbocycles. The van der Waals surface area contributed by atoms with Gasteiger partial charge < -0.3 is 4.74 Å². The van der Waals surface area contributed by atoms with Crippen molar-refractivity contribution < 1.29 is 9.53 Å². The van der Waals surface area contributed by atoms with Crippen molar-refractivity contribution in [2.45, 2.75) is 0 Å². The van der Waals surface area contributed by atoms with Crippen LogP contribution in [0.2, 0.25) is 0 Å². The van der Waals surface area contributed by atoms with Crippen LogP contribution in [0, 0.1) is 0 Å². The van der Waals surface area contributed by atoms with Crippen LogP contribution in [0.4, 0.5) is 0 Å². The van der Waals surface area contributed by atoms with Gasteiger partial charge in [0.15, 0.2) is 11.5 Å². The highest BCUT2D eigenvalue weighted by molar-refractivity contribution is 5.97. The van der Waals surface area contributed by atoms with Gasteiger partial charge in [-0.3, -0.25) is 0 Å². The summed E-state index contributed by atoms with van der Waals surface area (Å²) in [4.78, 5) is 16.8. The maximum absolute atomic E-state index is 12.3. The van der Waals surface area contributed by atoms with E-state index in [4.69, 9.17) is 4.74 Å². The molecule has 0 fully saturated rings. The third-order valence-corrected chi connectivity index (χ3v) is 3.98. The lowest BCUT2D eigenvalue weighted by molar-refractivity contribution is 0.0602. The number of nitrogens with zero attached hydrogens (tertiary/aromatic N) is 3. The first kappa shape index (κ1) is 15.1. The van der Waals surface area contributed by atoms with Crippen LogP contribution in [0.15, 0.2) is 72.9 Å². The summed E-state index contributed by atoms with van der Waals surface area (Å²) in [6.07, 6.45) is 1.87. The molecule has 2 heterocycles. The van der Waals surface area contributed by atoms with Crippen molar-refractivity contribution in [3.63, 3.8) is 0 Å². The van der Waals surface area contributed by atoms with Crippen LogP contribution in [-0.2, 0) is 4.74 Å². The van der Waals surface area contributed by atoms with E-state index in [-0.39, 0.29) is 0 Å². The van der Waals surface area contributed by atoms with E-state index in [0.717, 1.165) is 16.7 Å². The van der Waals surface area contributed by atoms with E-state index in [1.165, 1.54) is 7.11 Å². The monoisotopic (exact) mass is 329 g/mol. The Morgan fingerprint density at radius 2 is 1.56 bits per heavy atom. The first-order chi connectivity index (χ1) is 12.3. The molecule has 4 aromatic rings. The Bertz CT molecular complexity index is 1040. The summed E-state index contributed by atoms with van der Waals surface area (Å²) in [6.45, 7) is 0. The maximum Gasteiger partial charge on any atom is 0.341 e. The molecule has 0 amide bonds. The average Bonchev–Trinajstić information content (AvgIpc) is 3.12. The summed E-state index contributed by atoms with van der Waals surface area (Å²) in [5, 5.41) is 4.54. The number of hydrogen-bond acceptors (Lipinski definition) is 4. The Morgan fingerprint density at radius 3 is 2.20 bits per heavy atom. The third kappa shape index (κ3) is 2.76. The van der Waals surface area contributed by atoms with Gasteiger partial charge in [0.25, 0.3) is 0 Å². The minimum Gasteiger partial charge on any atom is -0.465 e. The molecule has 0 unspecified atom stereocenters. The lowest BCUT2D eigenvalue weighted by Gasteiger charge is -2.06. The Kier molecular flexibility index (Phi) is 3.74. The number of esters is 1. The van der Waals surface area contributed by atoms with Gasteiger partial charge in [0, 0.05) is 17.3 Å². The molecular formula is C20H15N3O2. The standard InChI is InChI=1S/C20H15N3O2/c1-25-20(24)17-12-16(14-8-4-2-5-9-14)13-23-19(17)21-18(22-23)15-10-6-3-7-11-15/h2-13H,1H3. The molecule has 0 bridgehead atoms. The van der Waals surface area contributed by atoms with Gasteiger partial charge in [0.2, 0.25) is 0 Å². The summed E-state index contributed by atoms with van der Waals surface area (Å²) < 4.78 is 6.57. The molecule has 0 radical (unpaired) electrons. The minimum atomic E-state index is -0.435. The number of fused-ring (bicyclic) bond motifs is 1. The third-order valence-electron chi connectivity index (χ3n) is 3.98. The summed E-state index contributed by atoms with van der Waals surface area (Å²) in [7, 11) is 1.36. The Hall–Kier alpha value is -3.47. The second kappa shape index (κ2) is 6.20. The molecule has 0 aliphatic rings. The molecule has 0 saturated carbocycles. The van der Waals surface area contributed by atoms with Crippen molar-refractivity contribution in [1.82, 2.24) is 14.6 Å². The van der Waals surface area contributed by atoms with Gasteiger partial charge in [0.05, 0.1) is 7.11 Å². The first-order valence-corrected chi connectivity index (χ1v) is 7.86. The molecular weight excluding hydrogens is 314 g/mol. The number of rotatable bonds is 3. The van der Waals surface area contributed by atoms with Crippen molar-refractivity contribution in [3.8, 4) is 22.5 Å². The number of benzene rings is 2. The zero-order valence-electron chi connectivity index (χ0n) is 13.6. The number of hydrogen-bond donors (Lipinski definition) is 0. The number of methoxy groups -OCH3 is 1. The highest BCUT2D eigenvalue weighted by Crippen LogP contribution is 2.25. The highest BCUT2D eigenvalue weighted by Gasteiger charge is 2.17. The summed E-state index contributed by atoms with van der Waals surface area (Å²) in [6, 6.07) is 21.3. The minimum absolute atomic E-state index is 0.388. The summed E-state index contributed by atoms with van der Waals surface area (Å²) in [5.41, 5.74) is 3.62. The molecule has 0 atom stereocenters. The molecule has 0 spiro atoms. The molecule has 2 aromatic heterocycles. The zero-order valence-corrected chi connectivity index (χ0v) is 13.6. The van der Waals surface area contributed by atoms with Gasteiger partial charge in [-0.2, -0.15) is 0 Å². The Morgan fingerprint density at radius 1 is 0.920 bits per heavy atom. The van der Waals surface area contributed by atoms with Crippen LogP contribution in [0.3, 0.4) is 0 Å². The lowest BCUT2D eigenvalue weighted by atomic mass is 10.1. The molecule has 0 aliphatic heterocycles. The number of aromatic nitrogens is 3. The molecule has 0 N–H and O–H groups in total. The number of carbonyl (C=O) groups excluding carboxylic acids is 1. The van der Waals surface area contributed by atoms with Crippen LogP contribution in [0.1, 0.15) is 10.4 Å². The predicted octanol–water partition coefficient (Wildman–Crippen LogP) is 3.85. The second-order valence-electron chi connectivity index (χ2n) is 5.57. The van der Waals surface area contributed by atoms with Crippen molar-refractivity contribution in [1.29, 1.82) is 0 Å². The number of carbonyl (C=O) groups is 1. The average molecular weight is 329 g/mol. The van der Waals surface area contributed by atoms with E-state index in [1.54, 1.807) is 10.6 Å². The lowest BCUT2D eigenvalue weighted by Crippen LogP contribution is -2.05. The summed E-state index contributed by atoms with van der Waals surface area (Å²) in [5.74, 6) is 0.130. The molecule has 25 heavy (non-hydrogen) atoms. The molecule has 4 rings (SSSR count). The van der Waals surface area contributed by atoms with Crippen molar-refractivity contribution in [2.24, 2.45) is 0 Å². The van der Waals surface area contributed by atoms with Gasteiger partial charge in [-0.25, -0.2) is 14.3 Å². The predicted molar refractivity (Wildman–Crippen MR) is 95.2 cm³/mol. The Balaban J connectivity index is 1.95. The zero-order chi connectivity index (χ0) is 17.2. The van der Waals surface area contributed by atoms with E-state index >= 15 is 0 Å². The van der Waals surface area contributed by atoms with E-state index in [0.29, 0.717) is 17.0 Å². The van der Waals surface area contributed by atoms with E-state index in [1.807, 2.05) is 66.9 Å². The van der Waals surface area contributed by atoms with Gasteiger partial charge in [-0.05, 0) is 11.6 Å². The molecule has 122 valence electrons.